The average molecular weight is 424 g/mol. The van der Waals surface area contributed by atoms with E-state index in [2.05, 4.69) is 5.32 Å². The smallest absolute Gasteiger partial charge is 0.244 e. The molecule has 10 heteroatoms. The number of sulfonamides is 2. The predicted octanol–water partition coefficient (Wildman–Crippen LogP) is 1.26. The van der Waals surface area contributed by atoms with Crippen molar-refractivity contribution in [2.45, 2.75) is 48.6 Å². The van der Waals surface area contributed by atoms with E-state index >= 15 is 0 Å². The van der Waals surface area contributed by atoms with Crippen LogP contribution in [-0.4, -0.2) is 63.7 Å². The van der Waals surface area contributed by atoms with E-state index < -0.39 is 20.0 Å². The van der Waals surface area contributed by atoms with Gasteiger partial charge < -0.3 is 5.32 Å². The van der Waals surface area contributed by atoms with Crippen molar-refractivity contribution in [1.82, 2.24) is 13.9 Å². The number of piperazine rings is 1. The van der Waals surface area contributed by atoms with E-state index in [1.54, 1.807) is 12.1 Å². The molecule has 2 fully saturated rings. The number of hydrogen-bond acceptors (Lipinski definition) is 5. The Morgan fingerprint density at radius 1 is 0.923 bits per heavy atom. The highest BCUT2D eigenvalue weighted by Crippen LogP contribution is 2.30. The molecule has 7 nitrogen and oxygen atoms in total. The molecule has 2 saturated heterocycles. The topological polar surface area (TPSA) is 86.8 Å². The molecule has 2 aliphatic rings. The first-order valence-corrected chi connectivity index (χ1v) is 11.5. The number of nitrogens with one attached hydrogen (secondary N) is 1. The lowest BCUT2D eigenvalue weighted by Gasteiger charge is -2.37. The van der Waals surface area contributed by atoms with Gasteiger partial charge in [-0.2, -0.15) is 8.61 Å². The largest absolute Gasteiger partial charge is 0.311 e. The van der Waals surface area contributed by atoms with Crippen molar-refractivity contribution in [2.75, 3.05) is 26.2 Å². The van der Waals surface area contributed by atoms with Gasteiger partial charge in [0.2, 0.25) is 20.0 Å². The molecule has 2 unspecified atom stereocenters. The molecular formula is C16H26ClN3O4S2. The molecule has 0 saturated carbocycles. The molecule has 0 aliphatic carbocycles. The van der Waals surface area contributed by atoms with Gasteiger partial charge in [0.25, 0.3) is 0 Å². The number of benzene rings is 1. The van der Waals surface area contributed by atoms with Crippen molar-refractivity contribution >= 4 is 32.5 Å². The summed E-state index contributed by atoms with van der Waals surface area (Å²) in [7, 11) is -7.71. The fraction of sp³-hybridized carbons (Fsp3) is 0.625. The van der Waals surface area contributed by atoms with Crippen LogP contribution in [0.15, 0.2) is 34.1 Å². The minimum Gasteiger partial charge on any atom is -0.311 e. The second-order valence-electron chi connectivity index (χ2n) is 6.66. The van der Waals surface area contributed by atoms with E-state index in [1.807, 2.05) is 13.8 Å². The van der Waals surface area contributed by atoms with Gasteiger partial charge in [0.1, 0.15) is 9.79 Å². The number of hydrogen-bond donors (Lipinski definition) is 1. The Hall–Kier alpha value is -0.710. The molecular weight excluding hydrogens is 398 g/mol. The lowest BCUT2D eigenvalue weighted by molar-refractivity contribution is 0.232. The average Bonchev–Trinajstić information content (AvgIpc) is 3.12. The van der Waals surface area contributed by atoms with Crippen molar-refractivity contribution < 1.29 is 16.8 Å². The molecule has 3 rings (SSSR count). The maximum atomic E-state index is 13.2. The number of halogens is 1. The highest BCUT2D eigenvalue weighted by atomic mass is 35.5. The Morgan fingerprint density at radius 2 is 1.46 bits per heavy atom. The Morgan fingerprint density at radius 3 is 2.04 bits per heavy atom. The van der Waals surface area contributed by atoms with Gasteiger partial charge in [0, 0.05) is 38.3 Å². The van der Waals surface area contributed by atoms with E-state index in [1.165, 1.54) is 20.7 Å². The Balaban J connectivity index is 0.00000243. The maximum Gasteiger partial charge on any atom is 0.244 e. The molecule has 0 spiro atoms. The van der Waals surface area contributed by atoms with E-state index in [0.29, 0.717) is 26.2 Å². The third kappa shape index (κ3) is 3.79. The summed E-state index contributed by atoms with van der Waals surface area (Å²) in [4.78, 5) is -0.238. The van der Waals surface area contributed by atoms with E-state index in [0.717, 1.165) is 12.8 Å². The van der Waals surface area contributed by atoms with Crippen LogP contribution in [0.25, 0.3) is 0 Å². The van der Waals surface area contributed by atoms with Crippen LogP contribution in [0.2, 0.25) is 0 Å². The van der Waals surface area contributed by atoms with Gasteiger partial charge in [-0.1, -0.05) is 12.1 Å². The highest BCUT2D eigenvalue weighted by molar-refractivity contribution is 7.92. The minimum atomic E-state index is -3.90. The monoisotopic (exact) mass is 423 g/mol. The Bertz CT molecular complexity index is 839. The summed E-state index contributed by atoms with van der Waals surface area (Å²) in [6, 6.07) is 5.71. The molecule has 2 heterocycles. The fourth-order valence-electron chi connectivity index (χ4n) is 3.44. The summed E-state index contributed by atoms with van der Waals surface area (Å²) < 4.78 is 55.2. The summed E-state index contributed by atoms with van der Waals surface area (Å²) in [6.45, 7) is 5.53. The van der Waals surface area contributed by atoms with Crippen molar-refractivity contribution in [3.05, 3.63) is 24.3 Å². The van der Waals surface area contributed by atoms with E-state index in [9.17, 15) is 16.8 Å². The molecule has 0 bridgehead atoms. The van der Waals surface area contributed by atoms with Crippen LogP contribution in [0.1, 0.15) is 26.7 Å². The first-order chi connectivity index (χ1) is 11.8. The second kappa shape index (κ2) is 8.12. The number of nitrogens with zero attached hydrogens (tertiary/aromatic N) is 2. The van der Waals surface area contributed by atoms with E-state index in [-0.39, 0.29) is 34.3 Å². The van der Waals surface area contributed by atoms with Gasteiger partial charge in [-0.25, -0.2) is 16.8 Å². The lowest BCUT2D eigenvalue weighted by Crippen LogP contribution is -2.57. The fourth-order valence-corrected chi connectivity index (χ4v) is 7.43. The Labute approximate surface area is 162 Å². The third-order valence-corrected chi connectivity index (χ3v) is 9.23. The van der Waals surface area contributed by atoms with E-state index in [4.69, 9.17) is 0 Å². The molecule has 0 amide bonds. The normalized spacial score (nSPS) is 25.8. The molecule has 0 aromatic heterocycles. The minimum absolute atomic E-state index is 0. The molecule has 0 radical (unpaired) electrons. The summed E-state index contributed by atoms with van der Waals surface area (Å²) in [5.74, 6) is 0. The van der Waals surface area contributed by atoms with Crippen LogP contribution in [-0.2, 0) is 20.0 Å². The zero-order valence-electron chi connectivity index (χ0n) is 15.0. The zero-order valence-corrected chi connectivity index (χ0v) is 17.4. The van der Waals surface area contributed by atoms with Crippen molar-refractivity contribution in [3.8, 4) is 0 Å². The summed E-state index contributed by atoms with van der Waals surface area (Å²) in [6.07, 6.45) is 1.61. The lowest BCUT2D eigenvalue weighted by atomic mass is 10.1. The highest BCUT2D eigenvalue weighted by Gasteiger charge is 2.39. The molecule has 1 aromatic rings. The van der Waals surface area contributed by atoms with Crippen LogP contribution in [0, 0.1) is 0 Å². The molecule has 1 aromatic carbocycles. The van der Waals surface area contributed by atoms with Crippen LogP contribution < -0.4 is 5.32 Å². The van der Waals surface area contributed by atoms with Gasteiger partial charge in [-0.3, -0.25) is 0 Å². The quantitative estimate of drug-likeness (QED) is 0.787. The molecule has 26 heavy (non-hydrogen) atoms. The Kier molecular flexibility index (Phi) is 6.74. The standard InChI is InChI=1S/C16H25N3O4S2.ClH/c1-13-14(2)19(12-9-17-13)25(22,23)16-8-4-3-7-15(16)24(20,21)18-10-5-6-11-18;/h3-4,7-8,13-14,17H,5-6,9-12H2,1-2H3;1H. The van der Waals surface area contributed by atoms with Crippen molar-refractivity contribution in [1.29, 1.82) is 0 Å². The summed E-state index contributed by atoms with van der Waals surface area (Å²) in [5, 5.41) is 3.24. The molecule has 2 atom stereocenters. The van der Waals surface area contributed by atoms with Crippen LogP contribution in [0.4, 0.5) is 0 Å². The zero-order chi connectivity index (χ0) is 18.2. The predicted molar refractivity (Wildman–Crippen MR) is 103 cm³/mol. The van der Waals surface area contributed by atoms with Crippen LogP contribution >= 0.6 is 12.4 Å². The third-order valence-electron chi connectivity index (χ3n) is 5.10. The van der Waals surface area contributed by atoms with Crippen LogP contribution in [0.3, 0.4) is 0 Å². The number of rotatable bonds is 4. The second-order valence-corrected chi connectivity index (χ2v) is 10.4. The van der Waals surface area contributed by atoms with Crippen LogP contribution in [0.5, 0.6) is 0 Å². The van der Waals surface area contributed by atoms with Gasteiger partial charge >= 0.3 is 0 Å². The maximum absolute atomic E-state index is 13.2. The molecule has 148 valence electrons. The first kappa shape index (κ1) is 21.6. The van der Waals surface area contributed by atoms with Crippen molar-refractivity contribution in [3.63, 3.8) is 0 Å². The molecule has 1 N–H and O–H groups in total. The first-order valence-electron chi connectivity index (χ1n) is 8.60. The van der Waals surface area contributed by atoms with Gasteiger partial charge in [0.05, 0.1) is 0 Å². The van der Waals surface area contributed by atoms with Gasteiger partial charge in [0.15, 0.2) is 0 Å². The van der Waals surface area contributed by atoms with Crippen molar-refractivity contribution in [2.24, 2.45) is 0 Å². The van der Waals surface area contributed by atoms with Gasteiger partial charge in [-0.15, -0.1) is 12.4 Å². The summed E-state index contributed by atoms with van der Waals surface area (Å²) >= 11 is 0. The van der Waals surface area contributed by atoms with Gasteiger partial charge in [-0.05, 0) is 38.8 Å². The summed E-state index contributed by atoms with van der Waals surface area (Å²) in [5.41, 5.74) is 0. The molecule has 2 aliphatic heterocycles. The SMILES string of the molecule is CC1NCCN(S(=O)(=O)c2ccccc2S(=O)(=O)N2CCCC2)C1C.Cl.